The van der Waals surface area contributed by atoms with Crippen LogP contribution in [0.2, 0.25) is 0 Å². The van der Waals surface area contributed by atoms with Gasteiger partial charge >= 0.3 is 12.1 Å². The average molecular weight is 372 g/mol. The van der Waals surface area contributed by atoms with Crippen LogP contribution in [0.1, 0.15) is 36.7 Å². The van der Waals surface area contributed by atoms with Crippen molar-refractivity contribution in [3.05, 3.63) is 63.7 Å². The minimum Gasteiger partial charge on any atom is -0.444 e. The average Bonchev–Trinajstić information content (AvgIpc) is 2.55. The zero-order chi connectivity index (χ0) is 20.2. The van der Waals surface area contributed by atoms with Crippen LogP contribution in [-0.2, 0) is 4.74 Å². The van der Waals surface area contributed by atoms with E-state index in [4.69, 9.17) is 9.47 Å². The van der Waals surface area contributed by atoms with Gasteiger partial charge in [0.1, 0.15) is 5.60 Å². The molecule has 0 unspecified atom stereocenters. The Balaban J connectivity index is 2.19. The molecule has 0 aliphatic carbocycles. The number of non-ortho nitro benzene ring substituents is 1. The summed E-state index contributed by atoms with van der Waals surface area (Å²) in [6.45, 7) is 7.01. The number of esters is 1. The maximum absolute atomic E-state index is 12.3. The molecule has 0 spiro atoms. The summed E-state index contributed by atoms with van der Waals surface area (Å²) in [6, 6.07) is 9.97. The molecule has 8 nitrogen and oxygen atoms in total. The van der Waals surface area contributed by atoms with E-state index >= 15 is 0 Å². The number of aryl methyl sites for hydroxylation is 1. The molecule has 0 saturated heterocycles. The van der Waals surface area contributed by atoms with Gasteiger partial charge in [-0.2, -0.15) is 0 Å². The molecule has 0 bridgehead atoms. The molecular formula is C19H20N2O6. The number of nitro benzene ring substituents is 1. The second kappa shape index (κ2) is 7.86. The van der Waals surface area contributed by atoms with Crippen molar-refractivity contribution in [3.63, 3.8) is 0 Å². The number of carbonyl (C=O) groups is 2. The second-order valence-electron chi connectivity index (χ2n) is 6.82. The number of nitrogens with zero attached hydrogens (tertiary/aromatic N) is 1. The molecule has 0 fully saturated rings. The number of amides is 1. The Morgan fingerprint density at radius 3 is 2.26 bits per heavy atom. The first-order chi connectivity index (χ1) is 12.5. The van der Waals surface area contributed by atoms with E-state index in [9.17, 15) is 19.7 Å². The number of ether oxygens (including phenoxy) is 2. The molecule has 2 aromatic rings. The van der Waals surface area contributed by atoms with Gasteiger partial charge in [-0.3, -0.25) is 15.4 Å². The molecular weight excluding hydrogens is 352 g/mol. The normalized spacial score (nSPS) is 10.8. The second-order valence-corrected chi connectivity index (χ2v) is 6.82. The molecule has 2 aromatic carbocycles. The van der Waals surface area contributed by atoms with Crippen molar-refractivity contribution >= 4 is 23.4 Å². The Bertz CT molecular complexity index is 869. The molecule has 0 heterocycles. The smallest absolute Gasteiger partial charge is 0.412 e. The van der Waals surface area contributed by atoms with Gasteiger partial charge < -0.3 is 9.47 Å². The van der Waals surface area contributed by atoms with E-state index in [0.717, 1.165) is 5.56 Å². The zero-order valence-electron chi connectivity index (χ0n) is 15.4. The van der Waals surface area contributed by atoms with Crippen molar-refractivity contribution in [2.45, 2.75) is 33.3 Å². The number of carbonyl (C=O) groups excluding carboxylic acids is 2. The molecule has 8 heteroatoms. The van der Waals surface area contributed by atoms with Gasteiger partial charge in [0.15, 0.2) is 5.75 Å². The van der Waals surface area contributed by atoms with Crippen LogP contribution in [0.5, 0.6) is 5.75 Å². The highest BCUT2D eigenvalue weighted by atomic mass is 16.6. The summed E-state index contributed by atoms with van der Waals surface area (Å²) in [6.07, 6.45) is -0.681. The number of nitro groups is 1. The maximum Gasteiger partial charge on any atom is 0.412 e. The Morgan fingerprint density at radius 2 is 1.70 bits per heavy atom. The first kappa shape index (κ1) is 19.9. The molecule has 27 heavy (non-hydrogen) atoms. The topological polar surface area (TPSA) is 108 Å². The summed E-state index contributed by atoms with van der Waals surface area (Å²) < 4.78 is 10.6. The summed E-state index contributed by atoms with van der Waals surface area (Å²) >= 11 is 0. The van der Waals surface area contributed by atoms with Crippen LogP contribution in [0.3, 0.4) is 0 Å². The van der Waals surface area contributed by atoms with E-state index in [0.29, 0.717) is 0 Å². The van der Waals surface area contributed by atoms with Crippen LogP contribution in [0, 0.1) is 17.0 Å². The molecule has 1 N–H and O–H groups in total. The Kier molecular flexibility index (Phi) is 5.79. The van der Waals surface area contributed by atoms with Crippen molar-refractivity contribution in [2.75, 3.05) is 5.32 Å². The van der Waals surface area contributed by atoms with Crippen molar-refractivity contribution in [1.29, 1.82) is 0 Å². The third kappa shape index (κ3) is 5.81. The van der Waals surface area contributed by atoms with E-state index < -0.39 is 22.6 Å². The van der Waals surface area contributed by atoms with Crippen molar-refractivity contribution < 1.29 is 24.0 Å². The number of rotatable bonds is 4. The highest BCUT2D eigenvalue weighted by molar-refractivity contribution is 5.93. The summed E-state index contributed by atoms with van der Waals surface area (Å²) in [4.78, 5) is 34.5. The zero-order valence-corrected chi connectivity index (χ0v) is 15.4. The first-order valence-electron chi connectivity index (χ1n) is 8.12. The lowest BCUT2D eigenvalue weighted by Gasteiger charge is -2.20. The van der Waals surface area contributed by atoms with Crippen LogP contribution >= 0.6 is 0 Å². The standard InChI is InChI=1S/C19H20N2O6/c1-12-5-10-15(20-18(23)27-19(2,3)4)16(11-12)26-17(22)13-6-8-14(9-7-13)21(24)25/h5-11H,1-4H3,(H,20,23). The summed E-state index contributed by atoms with van der Waals surface area (Å²) in [7, 11) is 0. The quantitative estimate of drug-likeness (QED) is 0.367. The SMILES string of the molecule is Cc1ccc(NC(=O)OC(C)(C)C)c(OC(=O)c2ccc([N+](=O)[O-])cc2)c1. The minimum absolute atomic E-state index is 0.130. The van der Waals surface area contributed by atoms with Crippen LogP contribution in [0.4, 0.5) is 16.2 Å². The fourth-order valence-electron chi connectivity index (χ4n) is 2.11. The van der Waals surface area contributed by atoms with Gasteiger partial charge in [0.25, 0.3) is 5.69 Å². The van der Waals surface area contributed by atoms with Gasteiger partial charge in [0.2, 0.25) is 0 Å². The Hall–Kier alpha value is -3.42. The van der Waals surface area contributed by atoms with Crippen LogP contribution < -0.4 is 10.1 Å². The van der Waals surface area contributed by atoms with Crippen molar-refractivity contribution in [3.8, 4) is 5.75 Å². The molecule has 2 rings (SSSR count). The van der Waals surface area contributed by atoms with Gasteiger partial charge in [-0.15, -0.1) is 0 Å². The lowest BCUT2D eigenvalue weighted by Crippen LogP contribution is -2.27. The van der Waals surface area contributed by atoms with E-state index in [2.05, 4.69) is 5.32 Å². The fourth-order valence-corrected chi connectivity index (χ4v) is 2.11. The van der Waals surface area contributed by atoms with E-state index in [1.165, 1.54) is 24.3 Å². The molecule has 0 radical (unpaired) electrons. The van der Waals surface area contributed by atoms with Crippen LogP contribution in [0.15, 0.2) is 42.5 Å². The fraction of sp³-hybridized carbons (Fsp3) is 0.263. The number of hydrogen-bond acceptors (Lipinski definition) is 6. The number of hydrogen-bond donors (Lipinski definition) is 1. The summed E-state index contributed by atoms with van der Waals surface area (Å²) in [5, 5.41) is 13.2. The predicted molar refractivity (Wildman–Crippen MR) is 99.1 cm³/mol. The Morgan fingerprint density at radius 1 is 1.07 bits per heavy atom. The predicted octanol–water partition coefficient (Wildman–Crippen LogP) is 4.47. The largest absolute Gasteiger partial charge is 0.444 e. The maximum atomic E-state index is 12.3. The summed E-state index contributed by atoms with van der Waals surface area (Å²) in [5.41, 5.74) is 0.422. The third-order valence-corrected chi connectivity index (χ3v) is 3.29. The molecule has 0 saturated carbocycles. The number of nitrogens with one attached hydrogen (secondary N) is 1. The van der Waals surface area contributed by atoms with Gasteiger partial charge in [-0.05, 0) is 57.5 Å². The van der Waals surface area contributed by atoms with Gasteiger partial charge in [-0.1, -0.05) is 6.07 Å². The molecule has 0 atom stereocenters. The lowest BCUT2D eigenvalue weighted by molar-refractivity contribution is -0.384. The van der Waals surface area contributed by atoms with Crippen molar-refractivity contribution in [2.24, 2.45) is 0 Å². The number of anilines is 1. The summed E-state index contributed by atoms with van der Waals surface area (Å²) in [5.74, 6) is -0.563. The molecule has 0 aliphatic heterocycles. The van der Waals surface area contributed by atoms with Crippen LogP contribution in [0.25, 0.3) is 0 Å². The van der Waals surface area contributed by atoms with Crippen LogP contribution in [-0.4, -0.2) is 22.6 Å². The third-order valence-electron chi connectivity index (χ3n) is 3.29. The highest BCUT2D eigenvalue weighted by Gasteiger charge is 2.19. The molecule has 0 aliphatic rings. The first-order valence-corrected chi connectivity index (χ1v) is 8.12. The van der Waals surface area contributed by atoms with Crippen molar-refractivity contribution in [1.82, 2.24) is 0 Å². The molecule has 1 amide bonds. The lowest BCUT2D eigenvalue weighted by atomic mass is 10.2. The monoisotopic (exact) mass is 372 g/mol. The molecule has 0 aromatic heterocycles. The van der Waals surface area contributed by atoms with E-state index in [-0.39, 0.29) is 22.7 Å². The Labute approximate surface area is 156 Å². The minimum atomic E-state index is -0.706. The van der Waals surface area contributed by atoms with Gasteiger partial charge in [0.05, 0.1) is 16.2 Å². The van der Waals surface area contributed by atoms with E-state index in [1.54, 1.807) is 45.9 Å². The molecule has 142 valence electrons. The van der Waals surface area contributed by atoms with Gasteiger partial charge in [0, 0.05) is 12.1 Å². The number of benzene rings is 2. The van der Waals surface area contributed by atoms with E-state index in [1.807, 2.05) is 0 Å². The van der Waals surface area contributed by atoms with Gasteiger partial charge in [-0.25, -0.2) is 9.59 Å². The highest BCUT2D eigenvalue weighted by Crippen LogP contribution is 2.27.